The maximum atomic E-state index is 10.9. The van der Waals surface area contributed by atoms with E-state index in [9.17, 15) is 9.59 Å². The second-order valence-corrected chi connectivity index (χ2v) is 3.61. The van der Waals surface area contributed by atoms with Gasteiger partial charge in [-0.1, -0.05) is 13.8 Å². The Hall–Kier alpha value is -0.710. The highest BCUT2D eigenvalue weighted by Crippen LogP contribution is 2.10. The molecule has 0 atom stereocenters. The first-order valence-corrected chi connectivity index (χ1v) is 4.89. The summed E-state index contributed by atoms with van der Waals surface area (Å²) >= 11 is 0.444. The van der Waals surface area contributed by atoms with E-state index in [1.54, 1.807) is 6.92 Å². The van der Waals surface area contributed by atoms with Gasteiger partial charge in [-0.2, -0.15) is 0 Å². The molecular weight excluding hydrogens is 192 g/mol. The summed E-state index contributed by atoms with van der Waals surface area (Å²) < 4.78 is 9.29. The number of carbonyl (C=O) groups excluding carboxylic acids is 2. The molecule has 0 rings (SSSR count). The second kappa shape index (κ2) is 6.77. The van der Waals surface area contributed by atoms with Gasteiger partial charge in [-0.3, -0.25) is 0 Å². The molecule has 0 aromatic rings. The minimum atomic E-state index is -0.615. The fraction of sp³-hybridized carbons (Fsp3) is 0.750. The maximum absolute atomic E-state index is 10.9. The largest absolute Gasteiger partial charge is 0.457 e. The van der Waals surface area contributed by atoms with Gasteiger partial charge in [0, 0.05) is 0 Å². The Morgan fingerprint density at radius 1 is 1.23 bits per heavy atom. The first-order valence-electron chi connectivity index (χ1n) is 4.07. The molecule has 76 valence electrons. The summed E-state index contributed by atoms with van der Waals surface area (Å²) in [4.78, 5) is 21.6. The molecule has 0 fully saturated rings. The van der Waals surface area contributed by atoms with E-state index in [0.717, 1.165) is 0 Å². The third-order valence-corrected chi connectivity index (χ3v) is 1.53. The van der Waals surface area contributed by atoms with Gasteiger partial charge < -0.3 is 9.47 Å². The van der Waals surface area contributed by atoms with E-state index in [1.165, 1.54) is 0 Å². The Morgan fingerprint density at radius 3 is 2.23 bits per heavy atom. The van der Waals surface area contributed by atoms with E-state index in [1.807, 2.05) is 13.8 Å². The Kier molecular flexibility index (Phi) is 6.40. The summed E-state index contributed by atoms with van der Waals surface area (Å²) in [7, 11) is 0. The van der Waals surface area contributed by atoms with E-state index < -0.39 is 10.6 Å². The van der Waals surface area contributed by atoms with Gasteiger partial charge in [-0.15, -0.1) is 0 Å². The topological polar surface area (TPSA) is 52.6 Å². The SMILES string of the molecule is CCOC(=O)SC(=O)OCC(C)C. The fourth-order valence-corrected chi connectivity index (χ4v) is 0.919. The molecule has 0 amide bonds. The molecule has 0 unspecified atom stereocenters. The van der Waals surface area contributed by atoms with Crippen LogP contribution in [0.1, 0.15) is 20.8 Å². The highest BCUT2D eigenvalue weighted by Gasteiger charge is 2.12. The Labute approximate surface area is 82.0 Å². The maximum Gasteiger partial charge on any atom is 0.378 e. The Morgan fingerprint density at radius 2 is 1.77 bits per heavy atom. The molecule has 0 aromatic heterocycles. The standard InChI is InChI=1S/C8H14O4S/c1-4-11-7(9)13-8(10)12-5-6(2)3/h6H,4-5H2,1-3H3. The molecular formula is C8H14O4S. The molecule has 13 heavy (non-hydrogen) atoms. The molecule has 0 saturated carbocycles. The molecule has 5 heteroatoms. The Balaban J connectivity index is 3.56. The van der Waals surface area contributed by atoms with E-state index >= 15 is 0 Å². The second-order valence-electron chi connectivity index (χ2n) is 2.74. The molecule has 0 saturated heterocycles. The van der Waals surface area contributed by atoms with E-state index in [-0.39, 0.29) is 12.5 Å². The monoisotopic (exact) mass is 206 g/mol. The van der Waals surface area contributed by atoms with Gasteiger partial charge in [0.15, 0.2) is 0 Å². The van der Waals surface area contributed by atoms with Crippen LogP contribution in [-0.4, -0.2) is 23.8 Å². The van der Waals surface area contributed by atoms with E-state index in [2.05, 4.69) is 4.74 Å². The van der Waals surface area contributed by atoms with Crippen LogP contribution < -0.4 is 0 Å². The number of ether oxygens (including phenoxy) is 2. The number of carbonyl (C=O) groups is 2. The van der Waals surface area contributed by atoms with Crippen LogP contribution in [0, 0.1) is 5.92 Å². The van der Waals surface area contributed by atoms with Crippen LogP contribution in [0.25, 0.3) is 0 Å². The molecule has 4 nitrogen and oxygen atoms in total. The molecule has 0 heterocycles. The van der Waals surface area contributed by atoms with Gasteiger partial charge in [0.25, 0.3) is 0 Å². The average molecular weight is 206 g/mol. The third-order valence-electron chi connectivity index (χ3n) is 0.963. The minimum absolute atomic E-state index is 0.267. The van der Waals surface area contributed by atoms with Crippen molar-refractivity contribution in [1.82, 2.24) is 0 Å². The molecule has 0 spiro atoms. The van der Waals surface area contributed by atoms with Gasteiger partial charge in [0.2, 0.25) is 0 Å². The van der Waals surface area contributed by atoms with Gasteiger partial charge in [-0.25, -0.2) is 9.59 Å². The van der Waals surface area contributed by atoms with Crippen molar-refractivity contribution in [2.45, 2.75) is 20.8 Å². The van der Waals surface area contributed by atoms with Crippen LogP contribution >= 0.6 is 11.8 Å². The summed E-state index contributed by atoms with van der Waals surface area (Å²) in [5, 5.41) is -1.22. The van der Waals surface area contributed by atoms with Crippen LogP contribution in [0.2, 0.25) is 0 Å². The lowest BCUT2D eigenvalue weighted by Gasteiger charge is -2.05. The van der Waals surface area contributed by atoms with Crippen molar-refractivity contribution < 1.29 is 19.1 Å². The lowest BCUT2D eigenvalue weighted by Crippen LogP contribution is -2.08. The molecule has 0 aromatic carbocycles. The fourth-order valence-electron chi connectivity index (χ4n) is 0.480. The highest BCUT2D eigenvalue weighted by molar-refractivity contribution is 8.25. The normalized spacial score (nSPS) is 9.85. The smallest absolute Gasteiger partial charge is 0.378 e. The van der Waals surface area contributed by atoms with E-state index in [0.29, 0.717) is 18.4 Å². The van der Waals surface area contributed by atoms with Crippen molar-refractivity contribution in [2.75, 3.05) is 13.2 Å². The van der Waals surface area contributed by atoms with Gasteiger partial charge in [0.05, 0.1) is 25.0 Å². The lowest BCUT2D eigenvalue weighted by atomic mass is 10.2. The quantitative estimate of drug-likeness (QED) is 0.664. The van der Waals surface area contributed by atoms with Crippen molar-refractivity contribution >= 4 is 22.4 Å². The summed E-state index contributed by atoms with van der Waals surface area (Å²) in [6.07, 6.45) is 0. The van der Waals surface area contributed by atoms with Crippen LogP contribution in [-0.2, 0) is 9.47 Å². The van der Waals surface area contributed by atoms with Crippen molar-refractivity contribution in [1.29, 1.82) is 0 Å². The van der Waals surface area contributed by atoms with Gasteiger partial charge in [0.1, 0.15) is 0 Å². The van der Waals surface area contributed by atoms with Crippen LogP contribution in [0.4, 0.5) is 9.59 Å². The first kappa shape index (κ1) is 12.3. The van der Waals surface area contributed by atoms with Gasteiger partial charge >= 0.3 is 10.6 Å². The van der Waals surface area contributed by atoms with E-state index in [4.69, 9.17) is 4.74 Å². The molecule has 0 N–H and O–H groups in total. The summed E-state index contributed by atoms with van der Waals surface area (Å²) in [6, 6.07) is 0. The number of thioether (sulfide) groups is 1. The minimum Gasteiger partial charge on any atom is -0.457 e. The van der Waals surface area contributed by atoms with Crippen molar-refractivity contribution in [3.63, 3.8) is 0 Å². The molecule has 0 radical (unpaired) electrons. The average Bonchev–Trinajstić information content (AvgIpc) is 2.01. The molecule has 0 aliphatic rings. The first-order chi connectivity index (χ1) is 6.06. The zero-order chi connectivity index (χ0) is 10.3. The highest BCUT2D eigenvalue weighted by atomic mass is 32.2. The predicted octanol–water partition coefficient (Wildman–Crippen LogP) is 2.67. The molecule has 0 bridgehead atoms. The number of hydrogen-bond acceptors (Lipinski definition) is 5. The van der Waals surface area contributed by atoms with Gasteiger partial charge in [-0.05, 0) is 12.8 Å². The van der Waals surface area contributed by atoms with Crippen molar-refractivity contribution in [3.05, 3.63) is 0 Å². The van der Waals surface area contributed by atoms with Crippen molar-refractivity contribution in [3.8, 4) is 0 Å². The molecule has 0 aliphatic heterocycles. The summed E-state index contributed by atoms with van der Waals surface area (Å²) in [5.74, 6) is 0.270. The Bertz CT molecular complexity index is 179. The predicted molar refractivity (Wildman–Crippen MR) is 50.8 cm³/mol. The summed E-state index contributed by atoms with van der Waals surface area (Å²) in [6.45, 7) is 6.11. The van der Waals surface area contributed by atoms with Crippen LogP contribution in [0.5, 0.6) is 0 Å². The zero-order valence-electron chi connectivity index (χ0n) is 8.03. The van der Waals surface area contributed by atoms with Crippen LogP contribution in [0.3, 0.4) is 0 Å². The molecule has 0 aliphatic carbocycles. The third kappa shape index (κ3) is 7.64. The zero-order valence-corrected chi connectivity index (χ0v) is 8.85. The number of hydrogen-bond donors (Lipinski definition) is 0. The lowest BCUT2D eigenvalue weighted by molar-refractivity contribution is 0.159. The van der Waals surface area contributed by atoms with Crippen LogP contribution in [0.15, 0.2) is 0 Å². The number of rotatable bonds is 3. The summed E-state index contributed by atoms with van der Waals surface area (Å²) in [5.41, 5.74) is 0. The van der Waals surface area contributed by atoms with Crippen molar-refractivity contribution in [2.24, 2.45) is 5.92 Å².